The number of quaternary nitrogens is 1. The highest BCUT2D eigenvalue weighted by Crippen LogP contribution is 2.16. The van der Waals surface area contributed by atoms with Crippen LogP contribution in [0.5, 0.6) is 0 Å². The van der Waals surface area contributed by atoms with Gasteiger partial charge in [0.1, 0.15) is 6.61 Å². The minimum absolute atomic E-state index is 0.0521. The maximum absolute atomic E-state index is 12.8. The number of hydrogen-bond donors (Lipinski definition) is 1. The normalized spacial score (nSPS) is 13.2. The first kappa shape index (κ1) is 65.0. The van der Waals surface area contributed by atoms with Gasteiger partial charge >= 0.3 is 17.9 Å². The Kier molecular flexibility index (Phi) is 48.2. The van der Waals surface area contributed by atoms with Crippen molar-refractivity contribution in [2.45, 2.75) is 264 Å². The van der Waals surface area contributed by atoms with Crippen LogP contribution in [0, 0.1) is 0 Å². The summed E-state index contributed by atoms with van der Waals surface area (Å²) in [5.41, 5.74) is 0. The molecule has 0 heterocycles. The molecule has 0 saturated heterocycles. The van der Waals surface area contributed by atoms with E-state index >= 15 is 0 Å². The van der Waals surface area contributed by atoms with E-state index in [-0.39, 0.29) is 36.2 Å². The first-order valence-corrected chi connectivity index (χ1v) is 28.3. The average Bonchev–Trinajstić information content (AvgIpc) is 3.30. The Morgan fingerprint density at radius 3 is 1.19 bits per heavy atom. The molecule has 0 fully saturated rings. The van der Waals surface area contributed by atoms with Crippen LogP contribution in [0.25, 0.3) is 0 Å². The van der Waals surface area contributed by atoms with Crippen molar-refractivity contribution in [1.82, 2.24) is 0 Å². The van der Waals surface area contributed by atoms with Gasteiger partial charge in [0.15, 0.2) is 12.1 Å². The van der Waals surface area contributed by atoms with E-state index in [0.29, 0.717) is 19.3 Å². The number of hydrogen-bond acceptors (Lipinski definition) is 6. The van der Waals surface area contributed by atoms with Gasteiger partial charge in [-0.05, 0) is 83.5 Å². The number of ether oxygens (including phenoxy) is 3. The molecule has 0 bridgehead atoms. The lowest BCUT2D eigenvalue weighted by Crippen LogP contribution is -2.50. The summed E-state index contributed by atoms with van der Waals surface area (Å²) < 4.78 is 17.4. The number of carbonyl (C=O) groups excluding carboxylic acids is 2. The molecule has 2 unspecified atom stereocenters. The first-order valence-electron chi connectivity index (χ1n) is 28.3. The summed E-state index contributed by atoms with van der Waals surface area (Å²) in [7, 11) is 5.53. The molecule has 0 spiro atoms. The van der Waals surface area contributed by atoms with Gasteiger partial charge in [0, 0.05) is 19.3 Å². The highest BCUT2D eigenvalue weighted by molar-refractivity contribution is 5.72. The number of likely N-dealkylation sites (N-methyl/N-ethyl adjacent to an activating group) is 1. The fourth-order valence-corrected chi connectivity index (χ4v) is 8.25. The molecule has 0 aromatic rings. The molecule has 0 saturated carbocycles. The van der Waals surface area contributed by atoms with Crippen LogP contribution in [-0.2, 0) is 28.6 Å². The van der Waals surface area contributed by atoms with Crippen molar-refractivity contribution < 1.29 is 38.2 Å². The number of carboxylic acid groups (broad SMARTS) is 1. The predicted octanol–water partition coefficient (Wildman–Crippen LogP) is 16.9. The van der Waals surface area contributed by atoms with Gasteiger partial charge in [0.2, 0.25) is 0 Å². The monoisotopic (exact) mass is 955 g/mol. The summed E-state index contributed by atoms with van der Waals surface area (Å²) >= 11 is 0. The van der Waals surface area contributed by atoms with E-state index in [9.17, 15) is 19.5 Å². The third-order valence-corrected chi connectivity index (χ3v) is 12.6. The van der Waals surface area contributed by atoms with Gasteiger partial charge in [-0.25, -0.2) is 4.79 Å². The van der Waals surface area contributed by atoms with Crippen molar-refractivity contribution in [3.63, 3.8) is 0 Å². The second-order valence-electron chi connectivity index (χ2n) is 20.2. The Morgan fingerprint density at radius 2 is 0.779 bits per heavy atom. The average molecular weight is 956 g/mol. The molecule has 0 radical (unpaired) electrons. The summed E-state index contributed by atoms with van der Waals surface area (Å²) in [4.78, 5) is 37.3. The van der Waals surface area contributed by atoms with E-state index in [4.69, 9.17) is 14.2 Å². The maximum Gasteiger partial charge on any atom is 0.362 e. The van der Waals surface area contributed by atoms with Gasteiger partial charge in [-0.3, -0.25) is 9.59 Å². The molecular weight excluding hydrogens is 847 g/mol. The standard InChI is InChI=1S/C60H107NO7/c1-6-8-10-12-14-16-18-20-22-24-26-28-29-31-33-35-37-39-41-43-45-47-49-51-59(63)68-56(54-66-53-52-57(60(64)65)61(3,4)5)55-67-58(62)50-48-46-44-42-40-38-36-34-32-30-27-25-23-21-19-17-15-13-11-9-7-2/h15,17,21,23,27,30-31,33-34,36,56-57H,6-14,16,18-20,22,24-26,28-29,32,35,37-55H2,1-5H3/p+1/b17-15+,23-21+,30-27+,33-31+,36-34+. The van der Waals surface area contributed by atoms with Gasteiger partial charge in [-0.2, -0.15) is 0 Å². The van der Waals surface area contributed by atoms with Crippen LogP contribution in [-0.4, -0.2) is 80.6 Å². The number of nitrogens with zero attached hydrogens (tertiary/aromatic N) is 1. The quantitative estimate of drug-likeness (QED) is 0.0281. The number of aliphatic carboxylic acids is 1. The van der Waals surface area contributed by atoms with Crippen molar-refractivity contribution in [1.29, 1.82) is 0 Å². The molecule has 8 heteroatoms. The maximum atomic E-state index is 12.8. The second kappa shape index (κ2) is 50.4. The summed E-state index contributed by atoms with van der Waals surface area (Å²) in [6, 6.07) is -0.622. The van der Waals surface area contributed by atoms with Crippen molar-refractivity contribution >= 4 is 17.9 Å². The van der Waals surface area contributed by atoms with Crippen LogP contribution in [0.3, 0.4) is 0 Å². The topological polar surface area (TPSA) is 99.1 Å². The predicted molar refractivity (Wildman–Crippen MR) is 289 cm³/mol. The van der Waals surface area contributed by atoms with Crippen LogP contribution in [0.2, 0.25) is 0 Å². The van der Waals surface area contributed by atoms with Gasteiger partial charge in [0.25, 0.3) is 0 Å². The number of carbonyl (C=O) groups is 3. The molecule has 1 N–H and O–H groups in total. The van der Waals surface area contributed by atoms with E-state index in [1.54, 1.807) is 0 Å². The molecule has 68 heavy (non-hydrogen) atoms. The van der Waals surface area contributed by atoms with Crippen molar-refractivity contribution in [2.24, 2.45) is 0 Å². The SMILES string of the molecule is CCCCC/C=C/C/C=C/C/C=C/C/C=C/CCCCCCCC(=O)OCC(COCCC(C(=O)O)[N+](C)(C)C)OC(=O)CCCCCCCCC/C=C/CCCCCCCCCCCCCC. The van der Waals surface area contributed by atoms with Crippen molar-refractivity contribution in [3.8, 4) is 0 Å². The molecule has 0 aliphatic heterocycles. The largest absolute Gasteiger partial charge is 0.477 e. The number of allylic oxidation sites excluding steroid dienone is 10. The molecule has 0 aromatic carbocycles. The second-order valence-corrected chi connectivity index (χ2v) is 20.2. The third kappa shape index (κ3) is 48.1. The molecular formula is C60H108NO7+. The molecule has 2 atom stereocenters. The Bertz CT molecular complexity index is 1290. The summed E-state index contributed by atoms with van der Waals surface area (Å²) in [6.45, 7) is 4.71. The summed E-state index contributed by atoms with van der Waals surface area (Å²) in [5, 5.41) is 9.67. The molecule has 8 nitrogen and oxygen atoms in total. The fourth-order valence-electron chi connectivity index (χ4n) is 8.25. The molecule has 0 aromatic heterocycles. The Labute approximate surface area is 419 Å². The molecule has 394 valence electrons. The van der Waals surface area contributed by atoms with E-state index in [1.807, 2.05) is 21.1 Å². The lowest BCUT2D eigenvalue weighted by molar-refractivity contribution is -0.887. The molecule has 0 aliphatic rings. The van der Waals surface area contributed by atoms with Gasteiger partial charge in [-0.1, -0.05) is 209 Å². The van der Waals surface area contributed by atoms with E-state index in [1.165, 1.54) is 141 Å². The Hall–Kier alpha value is -2.97. The van der Waals surface area contributed by atoms with Crippen LogP contribution in [0.4, 0.5) is 0 Å². The van der Waals surface area contributed by atoms with E-state index in [2.05, 4.69) is 74.6 Å². The van der Waals surface area contributed by atoms with E-state index in [0.717, 1.165) is 77.0 Å². The Balaban J connectivity index is 4.23. The zero-order valence-corrected chi connectivity index (χ0v) is 45.1. The number of unbranched alkanes of at least 4 members (excludes halogenated alkanes) is 27. The third-order valence-electron chi connectivity index (χ3n) is 12.6. The number of rotatable bonds is 51. The smallest absolute Gasteiger partial charge is 0.362 e. The fraction of sp³-hybridized carbons (Fsp3) is 0.783. The van der Waals surface area contributed by atoms with Crippen molar-refractivity contribution in [2.75, 3.05) is 41.0 Å². The van der Waals surface area contributed by atoms with E-state index < -0.39 is 18.1 Å². The van der Waals surface area contributed by atoms with Crippen LogP contribution in [0.15, 0.2) is 60.8 Å². The van der Waals surface area contributed by atoms with Gasteiger partial charge in [0.05, 0.1) is 34.4 Å². The number of carboxylic acids is 1. The minimum Gasteiger partial charge on any atom is -0.477 e. The van der Waals surface area contributed by atoms with Crippen LogP contribution < -0.4 is 0 Å². The Morgan fingerprint density at radius 1 is 0.441 bits per heavy atom. The highest BCUT2D eigenvalue weighted by atomic mass is 16.6. The van der Waals surface area contributed by atoms with Crippen molar-refractivity contribution in [3.05, 3.63) is 60.8 Å². The zero-order valence-electron chi connectivity index (χ0n) is 45.1. The lowest BCUT2D eigenvalue weighted by Gasteiger charge is -2.31. The van der Waals surface area contributed by atoms with Gasteiger partial charge < -0.3 is 23.8 Å². The zero-order chi connectivity index (χ0) is 49.9. The van der Waals surface area contributed by atoms with Gasteiger partial charge in [-0.15, -0.1) is 0 Å². The molecule has 0 rings (SSSR count). The lowest BCUT2D eigenvalue weighted by atomic mass is 10.0. The first-order chi connectivity index (χ1) is 33.1. The van der Waals surface area contributed by atoms with Crippen LogP contribution >= 0.6 is 0 Å². The minimum atomic E-state index is -0.878. The van der Waals surface area contributed by atoms with Crippen LogP contribution in [0.1, 0.15) is 251 Å². The highest BCUT2D eigenvalue weighted by Gasteiger charge is 2.31. The number of esters is 2. The molecule has 0 amide bonds. The summed E-state index contributed by atoms with van der Waals surface area (Å²) in [5.74, 6) is -1.49. The molecule has 0 aliphatic carbocycles. The summed E-state index contributed by atoms with van der Waals surface area (Å²) in [6.07, 6.45) is 64.2.